The molecule has 3 amide bonds. The van der Waals surface area contributed by atoms with Crippen LogP contribution < -0.4 is 30.3 Å². The van der Waals surface area contributed by atoms with E-state index in [4.69, 9.17) is 9.47 Å². The molecule has 2 unspecified atom stereocenters. The van der Waals surface area contributed by atoms with Gasteiger partial charge in [-0.2, -0.15) is 8.42 Å². The van der Waals surface area contributed by atoms with Crippen molar-refractivity contribution in [3.05, 3.63) is 94.6 Å². The molecular weight excluding hydrogens is 723 g/mol. The summed E-state index contributed by atoms with van der Waals surface area (Å²) in [5.74, 6) is -0.0193. The number of hydrogen-bond donors (Lipinski definition) is 4. The average Bonchev–Trinajstić information content (AvgIpc) is 3.82. The molecule has 16 heteroatoms. The van der Waals surface area contributed by atoms with E-state index in [1.54, 1.807) is 85.4 Å². The minimum absolute atomic E-state index is 0.0910. The normalized spacial score (nSPS) is 14.3. The van der Waals surface area contributed by atoms with Crippen molar-refractivity contribution in [1.82, 2.24) is 4.57 Å². The van der Waals surface area contributed by atoms with Gasteiger partial charge in [0.15, 0.2) is 23.2 Å². The summed E-state index contributed by atoms with van der Waals surface area (Å²) in [6, 6.07) is 18.1. The molecule has 14 nitrogen and oxygen atoms in total. The van der Waals surface area contributed by atoms with E-state index in [2.05, 4.69) is 16.0 Å². The molecule has 0 aliphatic carbocycles. The summed E-state index contributed by atoms with van der Waals surface area (Å²) in [6.07, 6.45) is 3.59. The molecule has 5 aromatic rings. The van der Waals surface area contributed by atoms with Crippen LogP contribution in [-0.4, -0.2) is 67.2 Å². The predicted octanol–water partition coefficient (Wildman–Crippen LogP) is 5.63. The number of thiophene rings is 1. The van der Waals surface area contributed by atoms with Crippen molar-refractivity contribution < 1.29 is 41.6 Å². The van der Waals surface area contributed by atoms with E-state index in [0.717, 1.165) is 21.9 Å². The van der Waals surface area contributed by atoms with Crippen molar-refractivity contribution in [2.24, 2.45) is 7.05 Å². The highest BCUT2D eigenvalue weighted by Crippen LogP contribution is 2.37. The smallest absolute Gasteiger partial charge is 0.288 e. The maximum atomic E-state index is 13.0. The Labute approximate surface area is 309 Å². The van der Waals surface area contributed by atoms with Gasteiger partial charge in [-0.3, -0.25) is 23.7 Å². The lowest BCUT2D eigenvalue weighted by molar-refractivity contribution is -0.116. The van der Waals surface area contributed by atoms with Crippen LogP contribution in [0.4, 0.5) is 22.7 Å². The standard InChI is InChI=1S/C37H37N5O9S2/c1-22-13-32(50-3)33(18-28(22)40-37(53(47,48)49)31-16-23-7-4-5-8-29(23)42(31)21-44)51-12-6-9-35(45)38-26-17-30(41(2)19-26)36(46)39-25-10-11-34-24(14-25)15-27(20-43)52-34/h4-5,7-8,10-11,13-15,17-21,31,37,40H,6,9,12,16H2,1-3H3,(H,38,45)(H,39,46)(H,47,48,49). The van der Waals surface area contributed by atoms with E-state index in [-0.39, 0.29) is 37.0 Å². The molecular formula is C37H37N5O9S2. The van der Waals surface area contributed by atoms with Gasteiger partial charge in [0.05, 0.1) is 30.3 Å². The number of nitrogens with one attached hydrogen (secondary N) is 3. The summed E-state index contributed by atoms with van der Waals surface area (Å²) < 4.78 is 49.6. The molecule has 0 saturated heterocycles. The highest BCUT2D eigenvalue weighted by atomic mass is 32.2. The topological polar surface area (TPSA) is 185 Å². The van der Waals surface area contributed by atoms with Gasteiger partial charge in [0.1, 0.15) is 5.69 Å². The van der Waals surface area contributed by atoms with Crippen molar-refractivity contribution >= 4 is 78.8 Å². The van der Waals surface area contributed by atoms with E-state index in [9.17, 15) is 32.1 Å². The van der Waals surface area contributed by atoms with Gasteiger partial charge >= 0.3 is 0 Å². The number of rotatable bonds is 15. The van der Waals surface area contributed by atoms with Gasteiger partial charge in [-0.25, -0.2) is 0 Å². The Morgan fingerprint density at radius 2 is 1.83 bits per heavy atom. The first kappa shape index (κ1) is 37.1. The Morgan fingerprint density at radius 3 is 2.57 bits per heavy atom. The number of ether oxygens (including phenoxy) is 2. The van der Waals surface area contributed by atoms with Crippen molar-refractivity contribution in [2.45, 2.75) is 37.6 Å². The number of benzene rings is 3. The lowest BCUT2D eigenvalue weighted by atomic mass is 10.1. The quantitative estimate of drug-likeness (QED) is 0.0592. The van der Waals surface area contributed by atoms with Crippen LogP contribution in [0, 0.1) is 6.92 Å². The molecule has 53 heavy (non-hydrogen) atoms. The Hall–Kier alpha value is -5.71. The summed E-state index contributed by atoms with van der Waals surface area (Å²) in [5.41, 5.74) is 3.62. The van der Waals surface area contributed by atoms with Gasteiger partial charge in [0.2, 0.25) is 12.3 Å². The van der Waals surface area contributed by atoms with Crippen LogP contribution in [0.25, 0.3) is 10.1 Å². The summed E-state index contributed by atoms with van der Waals surface area (Å²) >= 11 is 1.37. The Bertz CT molecular complexity index is 2320. The SMILES string of the molecule is COc1cc(C)c(NC(C2Cc3ccccc3N2C=O)S(=O)(=O)O)cc1OCCCC(=O)Nc1cc(C(=O)Nc2ccc3sc(C=O)cc3c2)n(C)c1. The number of carbonyl (C=O) groups is 4. The summed E-state index contributed by atoms with van der Waals surface area (Å²) in [4.78, 5) is 50.9. The van der Waals surface area contributed by atoms with E-state index < -0.39 is 21.5 Å². The van der Waals surface area contributed by atoms with Gasteiger partial charge in [0.25, 0.3) is 16.0 Å². The maximum absolute atomic E-state index is 13.0. The molecule has 4 N–H and O–H groups in total. The number of methoxy groups -OCH3 is 1. The fourth-order valence-corrected chi connectivity index (χ4v) is 8.09. The summed E-state index contributed by atoms with van der Waals surface area (Å²) in [7, 11) is -1.55. The number of amides is 3. The number of para-hydroxylation sites is 1. The van der Waals surface area contributed by atoms with E-state index in [1.165, 1.54) is 23.3 Å². The van der Waals surface area contributed by atoms with E-state index >= 15 is 0 Å². The van der Waals surface area contributed by atoms with Crippen LogP contribution in [0.15, 0.2) is 72.9 Å². The molecule has 3 aromatic carbocycles. The number of anilines is 4. The van der Waals surface area contributed by atoms with Gasteiger partial charge in [-0.1, -0.05) is 18.2 Å². The first-order valence-corrected chi connectivity index (χ1v) is 18.8. The number of fused-ring (bicyclic) bond motifs is 2. The Kier molecular flexibility index (Phi) is 10.8. The minimum Gasteiger partial charge on any atom is -0.493 e. The zero-order valence-corrected chi connectivity index (χ0v) is 30.6. The Balaban J connectivity index is 1.05. The fourth-order valence-electron chi connectivity index (χ4n) is 6.33. The first-order chi connectivity index (χ1) is 25.4. The molecule has 1 aliphatic heterocycles. The third-order valence-electron chi connectivity index (χ3n) is 8.88. The second-order valence-corrected chi connectivity index (χ2v) is 15.2. The van der Waals surface area contributed by atoms with Gasteiger partial charge < -0.3 is 34.9 Å². The molecule has 2 atom stereocenters. The average molecular weight is 760 g/mol. The third kappa shape index (κ3) is 8.19. The summed E-state index contributed by atoms with van der Waals surface area (Å²) in [6.45, 7) is 1.84. The molecule has 0 bridgehead atoms. The number of aryl methyl sites for hydroxylation is 2. The lowest BCUT2D eigenvalue weighted by Crippen LogP contribution is -2.49. The summed E-state index contributed by atoms with van der Waals surface area (Å²) in [5, 5.41) is 7.86. The zero-order valence-electron chi connectivity index (χ0n) is 29.0. The maximum Gasteiger partial charge on any atom is 0.288 e. The number of aromatic nitrogens is 1. The molecule has 3 heterocycles. The van der Waals surface area contributed by atoms with E-state index in [1.807, 2.05) is 6.07 Å². The van der Waals surface area contributed by atoms with Crippen LogP contribution in [0.3, 0.4) is 0 Å². The lowest BCUT2D eigenvalue weighted by Gasteiger charge is -2.29. The van der Waals surface area contributed by atoms with Crippen molar-refractivity contribution in [2.75, 3.05) is 34.6 Å². The van der Waals surface area contributed by atoms with Crippen molar-refractivity contribution in [1.29, 1.82) is 0 Å². The monoisotopic (exact) mass is 759 g/mol. The van der Waals surface area contributed by atoms with Gasteiger partial charge in [-0.15, -0.1) is 11.3 Å². The van der Waals surface area contributed by atoms with Crippen LogP contribution in [0.2, 0.25) is 0 Å². The molecule has 6 rings (SSSR count). The molecule has 1 aliphatic rings. The second-order valence-electron chi connectivity index (χ2n) is 12.5. The highest BCUT2D eigenvalue weighted by molar-refractivity contribution is 7.86. The van der Waals surface area contributed by atoms with Crippen molar-refractivity contribution in [3.8, 4) is 11.5 Å². The van der Waals surface area contributed by atoms with Crippen LogP contribution in [0.1, 0.15) is 44.1 Å². The molecule has 0 fully saturated rings. The first-order valence-electron chi connectivity index (χ1n) is 16.5. The zero-order chi connectivity index (χ0) is 37.9. The van der Waals surface area contributed by atoms with Gasteiger partial charge in [0, 0.05) is 47.5 Å². The van der Waals surface area contributed by atoms with Crippen molar-refractivity contribution in [3.63, 3.8) is 0 Å². The molecule has 0 radical (unpaired) electrons. The van der Waals surface area contributed by atoms with E-state index in [0.29, 0.717) is 57.5 Å². The number of hydrogen-bond acceptors (Lipinski definition) is 10. The third-order valence-corrected chi connectivity index (χ3v) is 11.0. The molecule has 276 valence electrons. The largest absolute Gasteiger partial charge is 0.493 e. The van der Waals surface area contributed by atoms with Crippen LogP contribution in [0.5, 0.6) is 11.5 Å². The Morgan fingerprint density at radius 1 is 1.04 bits per heavy atom. The van der Waals surface area contributed by atoms with Crippen LogP contribution >= 0.6 is 11.3 Å². The second kappa shape index (κ2) is 15.5. The molecule has 2 aromatic heterocycles. The minimum atomic E-state index is -4.70. The predicted molar refractivity (Wildman–Crippen MR) is 203 cm³/mol. The number of aldehydes is 1. The fraction of sp³-hybridized carbons (Fsp3) is 0.243. The van der Waals surface area contributed by atoms with Crippen LogP contribution in [-0.2, 0) is 33.2 Å². The number of nitrogens with zero attached hydrogens (tertiary/aromatic N) is 2. The molecule has 0 spiro atoms. The molecule has 0 saturated carbocycles. The number of carbonyl (C=O) groups excluding carboxylic acids is 4. The van der Waals surface area contributed by atoms with Gasteiger partial charge in [-0.05, 0) is 78.7 Å². The highest BCUT2D eigenvalue weighted by Gasteiger charge is 2.41.